The monoisotopic (exact) mass is 228 g/mol. The average Bonchev–Trinajstić information content (AvgIpc) is 3.11. The maximum atomic E-state index is 4.75. The average molecular weight is 228 g/mol. The van der Waals surface area contributed by atoms with Gasteiger partial charge in [0.15, 0.2) is 0 Å². The molecule has 0 radical (unpaired) electrons. The molecule has 2 nitrogen and oxygen atoms in total. The zero-order valence-corrected chi connectivity index (χ0v) is 10.4. The highest BCUT2D eigenvalue weighted by Crippen LogP contribution is 2.46. The van der Waals surface area contributed by atoms with Gasteiger partial charge in [0.1, 0.15) is 0 Å². The van der Waals surface area contributed by atoms with Crippen molar-refractivity contribution < 1.29 is 0 Å². The molecule has 0 unspecified atom stereocenters. The van der Waals surface area contributed by atoms with E-state index < -0.39 is 0 Å². The summed E-state index contributed by atoms with van der Waals surface area (Å²) in [6.45, 7) is 4.46. The maximum Gasteiger partial charge on any atom is 0.0995 e. The predicted octanol–water partition coefficient (Wildman–Crippen LogP) is 2.65. The molecule has 0 bridgehead atoms. The van der Waals surface area contributed by atoms with Gasteiger partial charge in [-0.2, -0.15) is 0 Å². The van der Waals surface area contributed by atoms with E-state index in [1.54, 1.807) is 0 Å². The molecular weight excluding hydrogens is 208 g/mol. The van der Waals surface area contributed by atoms with Gasteiger partial charge in [0.25, 0.3) is 0 Å². The Morgan fingerprint density at radius 3 is 2.65 bits per heavy atom. The summed E-state index contributed by atoms with van der Waals surface area (Å²) in [6, 6.07) is 10.7. The first-order valence-corrected chi connectivity index (χ1v) is 6.60. The lowest BCUT2D eigenvalue weighted by atomic mass is 9.97. The normalized spacial score (nSPS) is 22.8. The molecule has 0 aromatic heterocycles. The van der Waals surface area contributed by atoms with Crippen LogP contribution in [0.4, 0.5) is 0 Å². The van der Waals surface area contributed by atoms with Crippen LogP contribution in [-0.2, 0) is 6.42 Å². The zero-order valence-electron chi connectivity index (χ0n) is 10.4. The number of amidine groups is 1. The molecule has 1 saturated carbocycles. The van der Waals surface area contributed by atoms with E-state index in [1.165, 1.54) is 24.2 Å². The van der Waals surface area contributed by atoms with Crippen LogP contribution in [-0.4, -0.2) is 18.9 Å². The zero-order chi connectivity index (χ0) is 11.7. The second-order valence-electron chi connectivity index (χ2n) is 5.65. The Balaban J connectivity index is 1.63. The first kappa shape index (κ1) is 10.8. The van der Waals surface area contributed by atoms with Crippen molar-refractivity contribution in [2.75, 3.05) is 13.1 Å². The highest BCUT2D eigenvalue weighted by molar-refractivity contribution is 5.85. The topological polar surface area (TPSA) is 24.4 Å². The third-order valence-corrected chi connectivity index (χ3v) is 4.04. The lowest BCUT2D eigenvalue weighted by molar-refractivity contribution is 0.477. The minimum absolute atomic E-state index is 0.508. The van der Waals surface area contributed by atoms with E-state index >= 15 is 0 Å². The third-order valence-electron chi connectivity index (χ3n) is 4.04. The summed E-state index contributed by atoms with van der Waals surface area (Å²) in [5, 5.41) is 3.54. The first-order valence-electron chi connectivity index (χ1n) is 6.60. The van der Waals surface area contributed by atoms with E-state index in [4.69, 9.17) is 4.99 Å². The number of aliphatic imine (C=N–C) groups is 1. The van der Waals surface area contributed by atoms with Gasteiger partial charge in [-0.3, -0.25) is 4.99 Å². The van der Waals surface area contributed by atoms with Crippen molar-refractivity contribution >= 4 is 5.84 Å². The van der Waals surface area contributed by atoms with E-state index in [-0.39, 0.29) is 0 Å². The van der Waals surface area contributed by atoms with Crippen LogP contribution in [0.25, 0.3) is 0 Å². The lowest BCUT2D eigenvalue weighted by Crippen LogP contribution is -2.40. The Morgan fingerprint density at radius 2 is 2.06 bits per heavy atom. The molecule has 0 saturated heterocycles. The molecule has 1 aromatic carbocycles. The van der Waals surface area contributed by atoms with Gasteiger partial charge >= 0.3 is 0 Å². The van der Waals surface area contributed by atoms with Crippen molar-refractivity contribution in [1.82, 2.24) is 5.32 Å². The Hall–Kier alpha value is -1.31. The van der Waals surface area contributed by atoms with Gasteiger partial charge in [0.2, 0.25) is 0 Å². The third kappa shape index (κ3) is 2.36. The van der Waals surface area contributed by atoms with Gasteiger partial charge in [0.05, 0.1) is 5.84 Å². The summed E-state index contributed by atoms with van der Waals surface area (Å²) in [4.78, 5) is 4.75. The molecule has 2 heteroatoms. The highest BCUT2D eigenvalue weighted by atomic mass is 15.1. The van der Waals surface area contributed by atoms with Gasteiger partial charge in [-0.15, -0.1) is 0 Å². The van der Waals surface area contributed by atoms with Gasteiger partial charge in [0, 0.05) is 24.4 Å². The van der Waals surface area contributed by atoms with E-state index in [9.17, 15) is 0 Å². The fourth-order valence-electron chi connectivity index (χ4n) is 2.55. The number of benzene rings is 1. The smallest absolute Gasteiger partial charge is 0.0995 e. The number of hydrogen-bond acceptors (Lipinski definition) is 2. The Kier molecular flexibility index (Phi) is 2.65. The van der Waals surface area contributed by atoms with Crippen molar-refractivity contribution in [3.05, 3.63) is 35.9 Å². The minimum Gasteiger partial charge on any atom is -0.373 e. The van der Waals surface area contributed by atoms with E-state index in [2.05, 4.69) is 42.6 Å². The number of hydrogen-bond donors (Lipinski definition) is 1. The molecule has 1 spiro atoms. The summed E-state index contributed by atoms with van der Waals surface area (Å²) in [5.41, 5.74) is 1.95. The second kappa shape index (κ2) is 4.17. The summed E-state index contributed by atoms with van der Waals surface area (Å²) < 4.78 is 0. The number of nitrogens with one attached hydrogen (secondary N) is 1. The summed E-state index contributed by atoms with van der Waals surface area (Å²) in [6.07, 6.45) is 3.81. The molecular formula is C15H20N2. The van der Waals surface area contributed by atoms with Crippen LogP contribution < -0.4 is 5.32 Å². The van der Waals surface area contributed by atoms with Gasteiger partial charge < -0.3 is 5.32 Å². The minimum atomic E-state index is 0.508. The maximum absolute atomic E-state index is 4.75. The van der Waals surface area contributed by atoms with Crippen LogP contribution in [0.2, 0.25) is 0 Å². The van der Waals surface area contributed by atoms with E-state index in [0.717, 1.165) is 19.5 Å². The van der Waals surface area contributed by atoms with Crippen LogP contribution in [0.3, 0.4) is 0 Å². The largest absolute Gasteiger partial charge is 0.373 e. The van der Waals surface area contributed by atoms with Crippen LogP contribution in [0.1, 0.15) is 25.3 Å². The van der Waals surface area contributed by atoms with Crippen LogP contribution in [0, 0.1) is 11.3 Å². The predicted molar refractivity (Wildman–Crippen MR) is 71.3 cm³/mol. The van der Waals surface area contributed by atoms with Crippen molar-refractivity contribution in [2.45, 2.75) is 26.2 Å². The van der Waals surface area contributed by atoms with Crippen molar-refractivity contribution in [2.24, 2.45) is 16.3 Å². The SMILES string of the molecule is C[C@@H](Cc1ccccc1)C1=NCC2(CC2)CN1. The molecule has 2 aliphatic rings. The van der Waals surface area contributed by atoms with Crippen molar-refractivity contribution in [1.29, 1.82) is 0 Å². The molecule has 90 valence electrons. The Labute approximate surface area is 103 Å². The lowest BCUT2D eigenvalue weighted by Gasteiger charge is -2.25. The number of nitrogens with zero attached hydrogens (tertiary/aromatic N) is 1. The Morgan fingerprint density at radius 1 is 1.29 bits per heavy atom. The van der Waals surface area contributed by atoms with Crippen molar-refractivity contribution in [3.8, 4) is 0 Å². The molecule has 3 rings (SSSR count). The molecule has 1 aliphatic heterocycles. The molecule has 1 aromatic rings. The van der Waals surface area contributed by atoms with E-state index in [0.29, 0.717) is 11.3 Å². The molecule has 1 fully saturated rings. The van der Waals surface area contributed by atoms with Crippen LogP contribution >= 0.6 is 0 Å². The quantitative estimate of drug-likeness (QED) is 0.845. The number of rotatable bonds is 3. The molecule has 1 heterocycles. The highest BCUT2D eigenvalue weighted by Gasteiger charge is 2.44. The fraction of sp³-hybridized carbons (Fsp3) is 0.533. The van der Waals surface area contributed by atoms with Crippen LogP contribution in [0.15, 0.2) is 35.3 Å². The summed E-state index contributed by atoms with van der Waals surface area (Å²) in [7, 11) is 0. The molecule has 1 N–H and O–H groups in total. The standard InChI is InChI=1S/C15H20N2/c1-12(9-13-5-3-2-4-6-13)14-16-10-15(7-8-15)11-17-14/h2-6,12H,7-11H2,1H3,(H,16,17)/t12-/m0/s1. The van der Waals surface area contributed by atoms with Gasteiger partial charge in [-0.05, 0) is 24.8 Å². The van der Waals surface area contributed by atoms with Crippen molar-refractivity contribution in [3.63, 3.8) is 0 Å². The van der Waals surface area contributed by atoms with E-state index in [1.807, 2.05) is 0 Å². The van der Waals surface area contributed by atoms with Crippen LogP contribution in [0.5, 0.6) is 0 Å². The molecule has 17 heavy (non-hydrogen) atoms. The fourth-order valence-corrected chi connectivity index (χ4v) is 2.55. The summed E-state index contributed by atoms with van der Waals surface area (Å²) in [5.74, 6) is 1.72. The Bertz CT molecular complexity index is 418. The van der Waals surface area contributed by atoms with Gasteiger partial charge in [-0.1, -0.05) is 37.3 Å². The molecule has 0 amide bonds. The molecule has 1 aliphatic carbocycles. The van der Waals surface area contributed by atoms with Gasteiger partial charge in [-0.25, -0.2) is 0 Å². The molecule has 1 atom stereocenters. The first-order chi connectivity index (χ1) is 8.27. The summed E-state index contributed by atoms with van der Waals surface area (Å²) >= 11 is 0. The second-order valence-corrected chi connectivity index (χ2v) is 5.65.